The number of amides is 4. The van der Waals surface area contributed by atoms with E-state index in [1.54, 1.807) is 20.3 Å². The molecule has 0 spiro atoms. The van der Waals surface area contributed by atoms with Gasteiger partial charge in [0.2, 0.25) is 5.91 Å². The number of nitrogens with zero attached hydrogens (tertiary/aromatic N) is 5. The lowest BCUT2D eigenvalue weighted by Gasteiger charge is -2.29. The van der Waals surface area contributed by atoms with Crippen molar-refractivity contribution in [2.45, 2.75) is 51.7 Å². The molecule has 0 radical (unpaired) electrons. The van der Waals surface area contributed by atoms with E-state index in [0.29, 0.717) is 31.0 Å². The lowest BCUT2D eigenvalue weighted by molar-refractivity contribution is -0.120. The first-order valence-electron chi connectivity index (χ1n) is 13.7. The van der Waals surface area contributed by atoms with Gasteiger partial charge in [-0.15, -0.1) is 0 Å². The number of nitrogens with one attached hydrogen (secondary N) is 3. The number of carbonyl (C=O) groups is 3. The van der Waals surface area contributed by atoms with Crippen LogP contribution in [-0.2, 0) is 24.3 Å². The third-order valence-electron chi connectivity index (χ3n) is 7.40. The summed E-state index contributed by atoms with van der Waals surface area (Å²) in [6.07, 6.45) is 3.34. The van der Waals surface area contributed by atoms with Gasteiger partial charge < -0.3 is 25.8 Å². The van der Waals surface area contributed by atoms with Crippen molar-refractivity contribution in [3.05, 3.63) is 70.7 Å². The molecule has 4 heterocycles. The van der Waals surface area contributed by atoms with E-state index >= 15 is 0 Å². The predicted molar refractivity (Wildman–Crippen MR) is 152 cm³/mol. The standard InChI is InChI=1S/C29H36N8O3/c1-18(2)37-24-12-14-36(25-10-7-20(16-31-25)22-11-13-30-27(22)38)17-23(24)26(34-37)28(39)32-15-19-5-8-21(9-6-19)33-29(40)35(3)4/h5-10,16,18,22H,11-15,17H2,1-4H3,(H,30,38)(H,32,39)(H,33,40). The molecule has 4 amide bonds. The van der Waals surface area contributed by atoms with Crippen LogP contribution < -0.4 is 20.9 Å². The Balaban J connectivity index is 1.28. The number of benzene rings is 1. The maximum absolute atomic E-state index is 13.4. The highest BCUT2D eigenvalue weighted by Gasteiger charge is 2.30. The highest BCUT2D eigenvalue weighted by Crippen LogP contribution is 2.29. The van der Waals surface area contributed by atoms with E-state index in [1.165, 1.54) is 4.90 Å². The smallest absolute Gasteiger partial charge is 0.321 e. The van der Waals surface area contributed by atoms with E-state index in [1.807, 2.05) is 41.1 Å². The van der Waals surface area contributed by atoms with Crippen LogP contribution >= 0.6 is 0 Å². The van der Waals surface area contributed by atoms with Crippen LogP contribution in [0.2, 0.25) is 0 Å². The van der Waals surface area contributed by atoms with Crippen molar-refractivity contribution in [3.8, 4) is 0 Å². The summed E-state index contributed by atoms with van der Waals surface area (Å²) in [5.74, 6) is 0.513. The second-order valence-electron chi connectivity index (χ2n) is 10.8. The number of aromatic nitrogens is 3. The first-order valence-corrected chi connectivity index (χ1v) is 13.7. The molecular weight excluding hydrogens is 508 g/mol. The lowest BCUT2D eigenvalue weighted by atomic mass is 9.99. The SMILES string of the molecule is CC(C)n1nc(C(=O)NCc2ccc(NC(=O)N(C)C)cc2)c2c1CCN(c1ccc(C3CCNC3=O)cn1)C2. The molecule has 1 unspecified atom stereocenters. The Bertz CT molecular complexity index is 1400. The molecule has 11 heteroatoms. The molecule has 3 aromatic rings. The van der Waals surface area contributed by atoms with Crippen molar-refractivity contribution in [2.24, 2.45) is 0 Å². The first-order chi connectivity index (χ1) is 19.2. The van der Waals surface area contributed by atoms with E-state index in [-0.39, 0.29) is 29.8 Å². The Morgan fingerprint density at radius 2 is 1.93 bits per heavy atom. The van der Waals surface area contributed by atoms with E-state index in [9.17, 15) is 14.4 Å². The number of fused-ring (bicyclic) bond motifs is 1. The van der Waals surface area contributed by atoms with Gasteiger partial charge in [0.05, 0.1) is 5.92 Å². The Kier molecular flexibility index (Phi) is 7.72. The summed E-state index contributed by atoms with van der Waals surface area (Å²) in [6, 6.07) is 11.2. The minimum atomic E-state index is -0.224. The minimum Gasteiger partial charge on any atom is -0.356 e. The molecule has 11 nitrogen and oxygen atoms in total. The van der Waals surface area contributed by atoms with Gasteiger partial charge in [-0.05, 0) is 49.6 Å². The molecule has 0 saturated carbocycles. The zero-order valence-corrected chi connectivity index (χ0v) is 23.4. The highest BCUT2D eigenvalue weighted by atomic mass is 16.2. The van der Waals surface area contributed by atoms with Gasteiger partial charge in [0.1, 0.15) is 5.82 Å². The number of pyridine rings is 1. The van der Waals surface area contributed by atoms with Crippen molar-refractivity contribution in [1.29, 1.82) is 0 Å². The fraction of sp³-hybridized carbons (Fsp3) is 0.414. The van der Waals surface area contributed by atoms with Gasteiger partial charge in [0.15, 0.2) is 5.69 Å². The normalized spacial score (nSPS) is 16.5. The first kappa shape index (κ1) is 27.2. The van der Waals surface area contributed by atoms with Crippen LogP contribution in [-0.4, -0.2) is 64.7 Å². The molecule has 1 atom stereocenters. The lowest BCUT2D eigenvalue weighted by Crippen LogP contribution is -2.33. The van der Waals surface area contributed by atoms with Gasteiger partial charge in [-0.2, -0.15) is 5.10 Å². The Labute approximate surface area is 233 Å². The van der Waals surface area contributed by atoms with Gasteiger partial charge in [-0.3, -0.25) is 14.3 Å². The average molecular weight is 545 g/mol. The molecule has 40 heavy (non-hydrogen) atoms. The molecule has 0 aliphatic carbocycles. The molecule has 210 valence electrons. The molecular formula is C29H36N8O3. The molecule has 0 bridgehead atoms. The van der Waals surface area contributed by atoms with Gasteiger partial charge in [0, 0.05) is 75.9 Å². The number of rotatable bonds is 7. The third kappa shape index (κ3) is 5.63. The van der Waals surface area contributed by atoms with E-state index < -0.39 is 0 Å². The van der Waals surface area contributed by atoms with Crippen molar-refractivity contribution in [1.82, 2.24) is 30.3 Å². The molecule has 2 aromatic heterocycles. The predicted octanol–water partition coefficient (Wildman–Crippen LogP) is 3.05. The van der Waals surface area contributed by atoms with Gasteiger partial charge in [-0.1, -0.05) is 18.2 Å². The number of carbonyl (C=O) groups excluding carboxylic acids is 3. The fourth-order valence-electron chi connectivity index (χ4n) is 5.16. The third-order valence-corrected chi connectivity index (χ3v) is 7.40. The van der Waals surface area contributed by atoms with Gasteiger partial charge in [-0.25, -0.2) is 9.78 Å². The highest BCUT2D eigenvalue weighted by molar-refractivity contribution is 5.94. The molecule has 3 N–H and O–H groups in total. The Morgan fingerprint density at radius 3 is 2.55 bits per heavy atom. The second-order valence-corrected chi connectivity index (χ2v) is 10.8. The van der Waals surface area contributed by atoms with Crippen molar-refractivity contribution in [2.75, 3.05) is 37.4 Å². The summed E-state index contributed by atoms with van der Waals surface area (Å²) < 4.78 is 1.96. The summed E-state index contributed by atoms with van der Waals surface area (Å²) in [6.45, 7) is 6.46. The molecule has 2 aliphatic heterocycles. The van der Waals surface area contributed by atoms with E-state index in [4.69, 9.17) is 5.10 Å². The van der Waals surface area contributed by atoms with E-state index in [0.717, 1.165) is 47.6 Å². The number of urea groups is 1. The van der Waals surface area contributed by atoms with Gasteiger partial charge >= 0.3 is 6.03 Å². The van der Waals surface area contributed by atoms with Crippen molar-refractivity contribution >= 4 is 29.4 Å². The molecule has 2 aliphatic rings. The molecule has 1 fully saturated rings. The number of hydrogen-bond donors (Lipinski definition) is 3. The number of anilines is 2. The molecule has 1 aromatic carbocycles. The maximum atomic E-state index is 13.4. The Hall–Kier alpha value is -4.41. The molecule has 5 rings (SSSR count). The quantitative estimate of drug-likeness (QED) is 0.420. The Morgan fingerprint density at radius 1 is 1.15 bits per heavy atom. The summed E-state index contributed by atoms with van der Waals surface area (Å²) in [5, 5.41) is 13.4. The van der Waals surface area contributed by atoms with Crippen LogP contribution in [0.4, 0.5) is 16.3 Å². The second kappa shape index (κ2) is 11.4. The van der Waals surface area contributed by atoms with Crippen molar-refractivity contribution in [3.63, 3.8) is 0 Å². The van der Waals surface area contributed by atoms with Crippen LogP contribution in [0.5, 0.6) is 0 Å². The summed E-state index contributed by atoms with van der Waals surface area (Å²) in [5.41, 5.74) is 4.96. The largest absolute Gasteiger partial charge is 0.356 e. The van der Waals surface area contributed by atoms with Crippen LogP contribution in [0.1, 0.15) is 65.1 Å². The summed E-state index contributed by atoms with van der Waals surface area (Å²) in [4.78, 5) is 45.6. The molecule has 1 saturated heterocycles. The zero-order chi connectivity index (χ0) is 28.4. The van der Waals surface area contributed by atoms with Crippen LogP contribution in [0.15, 0.2) is 42.6 Å². The maximum Gasteiger partial charge on any atom is 0.321 e. The van der Waals surface area contributed by atoms with Crippen LogP contribution in [0.25, 0.3) is 0 Å². The van der Waals surface area contributed by atoms with Crippen LogP contribution in [0, 0.1) is 0 Å². The minimum absolute atomic E-state index is 0.0564. The van der Waals surface area contributed by atoms with Crippen LogP contribution in [0.3, 0.4) is 0 Å². The van der Waals surface area contributed by atoms with Gasteiger partial charge in [0.25, 0.3) is 5.91 Å². The topological polar surface area (TPSA) is 124 Å². The zero-order valence-electron chi connectivity index (χ0n) is 23.4. The van der Waals surface area contributed by atoms with E-state index in [2.05, 4.69) is 39.7 Å². The fourth-order valence-corrected chi connectivity index (χ4v) is 5.16. The summed E-state index contributed by atoms with van der Waals surface area (Å²) in [7, 11) is 3.37. The van der Waals surface area contributed by atoms with Crippen molar-refractivity contribution < 1.29 is 14.4 Å². The number of hydrogen-bond acceptors (Lipinski definition) is 6. The summed E-state index contributed by atoms with van der Waals surface area (Å²) >= 11 is 0. The monoisotopic (exact) mass is 544 g/mol. The average Bonchev–Trinajstić information content (AvgIpc) is 3.56.